The molecule has 1 atom stereocenters. The van der Waals surface area contributed by atoms with Crippen molar-refractivity contribution in [2.75, 3.05) is 22.5 Å². The molecule has 1 amide bonds. The quantitative estimate of drug-likeness (QED) is 0.670. The van der Waals surface area contributed by atoms with Crippen LogP contribution in [0.5, 0.6) is 0 Å². The lowest BCUT2D eigenvalue weighted by atomic mass is 10.0. The second kappa shape index (κ2) is 6.53. The van der Waals surface area contributed by atoms with Gasteiger partial charge in [-0.05, 0) is 47.7 Å². The topological polar surface area (TPSA) is 46.3 Å². The molecule has 3 nitrogen and oxygen atoms in total. The number of nitrogen functional groups attached to an aromatic ring is 1. The number of carbonyl (C=O) groups is 1. The molecule has 1 heterocycles. The zero-order valence-corrected chi connectivity index (χ0v) is 13.9. The lowest BCUT2D eigenvalue weighted by Gasteiger charge is -2.17. The molecule has 2 aromatic rings. The number of halogens is 1. The first-order valence-corrected chi connectivity index (χ1v) is 8.57. The number of carbonyl (C=O) groups excluding carboxylic acids is 1. The van der Waals surface area contributed by atoms with Gasteiger partial charge in [-0.3, -0.25) is 4.79 Å². The smallest absolute Gasteiger partial charge is 0.227 e. The SMILES string of the molecule is Nc1ccc(Cc2ccc(N3CC(CBr)CC3=O)cc2)cc1. The number of nitrogens with zero attached hydrogens (tertiary/aromatic N) is 1. The molecule has 0 spiro atoms. The first kappa shape index (κ1) is 15.1. The molecule has 0 bridgehead atoms. The summed E-state index contributed by atoms with van der Waals surface area (Å²) < 4.78 is 0. The van der Waals surface area contributed by atoms with E-state index in [0.717, 1.165) is 29.7 Å². The molecule has 1 saturated heterocycles. The maximum Gasteiger partial charge on any atom is 0.227 e. The van der Waals surface area contributed by atoms with E-state index in [-0.39, 0.29) is 5.91 Å². The van der Waals surface area contributed by atoms with E-state index in [1.807, 2.05) is 41.3 Å². The Bertz CT molecular complexity index is 652. The lowest BCUT2D eigenvalue weighted by molar-refractivity contribution is -0.117. The van der Waals surface area contributed by atoms with Gasteiger partial charge in [-0.25, -0.2) is 0 Å². The molecule has 1 aliphatic rings. The molecule has 0 saturated carbocycles. The molecule has 2 N–H and O–H groups in total. The fraction of sp³-hybridized carbons (Fsp3) is 0.278. The third kappa shape index (κ3) is 3.33. The summed E-state index contributed by atoms with van der Waals surface area (Å²) in [6.07, 6.45) is 1.51. The molecular formula is C18H19BrN2O. The van der Waals surface area contributed by atoms with Crippen molar-refractivity contribution in [1.29, 1.82) is 0 Å². The number of amides is 1. The number of rotatable bonds is 4. The van der Waals surface area contributed by atoms with Crippen LogP contribution in [-0.2, 0) is 11.2 Å². The molecule has 22 heavy (non-hydrogen) atoms. The minimum absolute atomic E-state index is 0.218. The van der Waals surface area contributed by atoms with Gasteiger partial charge in [0, 0.05) is 29.7 Å². The van der Waals surface area contributed by atoms with Crippen molar-refractivity contribution in [1.82, 2.24) is 0 Å². The van der Waals surface area contributed by atoms with Gasteiger partial charge in [-0.1, -0.05) is 40.2 Å². The van der Waals surface area contributed by atoms with Gasteiger partial charge in [-0.15, -0.1) is 0 Å². The highest BCUT2D eigenvalue weighted by atomic mass is 79.9. The van der Waals surface area contributed by atoms with E-state index in [0.29, 0.717) is 12.3 Å². The Morgan fingerprint density at radius 1 is 1.05 bits per heavy atom. The minimum atomic E-state index is 0.218. The third-order valence-electron chi connectivity index (χ3n) is 4.06. The van der Waals surface area contributed by atoms with Crippen LogP contribution in [0.2, 0.25) is 0 Å². The first-order valence-electron chi connectivity index (χ1n) is 7.45. The number of anilines is 2. The van der Waals surface area contributed by atoms with Crippen LogP contribution in [-0.4, -0.2) is 17.8 Å². The van der Waals surface area contributed by atoms with Crippen LogP contribution in [0.1, 0.15) is 17.5 Å². The van der Waals surface area contributed by atoms with Crippen LogP contribution in [0.4, 0.5) is 11.4 Å². The van der Waals surface area contributed by atoms with Crippen molar-refractivity contribution in [2.45, 2.75) is 12.8 Å². The molecule has 114 valence electrons. The highest BCUT2D eigenvalue weighted by molar-refractivity contribution is 9.09. The summed E-state index contributed by atoms with van der Waals surface area (Å²) in [5.41, 5.74) is 9.95. The highest BCUT2D eigenvalue weighted by Gasteiger charge is 2.29. The first-order chi connectivity index (χ1) is 10.7. The Labute approximate surface area is 139 Å². The fourth-order valence-corrected chi connectivity index (χ4v) is 3.23. The summed E-state index contributed by atoms with van der Waals surface area (Å²) in [4.78, 5) is 13.9. The summed E-state index contributed by atoms with van der Waals surface area (Å²) >= 11 is 3.47. The zero-order valence-electron chi connectivity index (χ0n) is 12.3. The van der Waals surface area contributed by atoms with Gasteiger partial charge in [-0.2, -0.15) is 0 Å². The van der Waals surface area contributed by atoms with Crippen LogP contribution < -0.4 is 10.6 Å². The van der Waals surface area contributed by atoms with Gasteiger partial charge in [0.2, 0.25) is 5.91 Å². The van der Waals surface area contributed by atoms with E-state index < -0.39 is 0 Å². The van der Waals surface area contributed by atoms with Crippen LogP contribution >= 0.6 is 15.9 Å². The molecule has 0 aliphatic carbocycles. The Kier molecular flexibility index (Phi) is 4.48. The largest absolute Gasteiger partial charge is 0.399 e. The van der Waals surface area contributed by atoms with E-state index in [2.05, 4.69) is 28.1 Å². The molecule has 1 aliphatic heterocycles. The summed E-state index contributed by atoms with van der Waals surface area (Å²) in [5.74, 6) is 0.637. The van der Waals surface area contributed by atoms with Crippen LogP contribution in [0.3, 0.4) is 0 Å². The second-order valence-corrected chi connectivity index (χ2v) is 6.46. The third-order valence-corrected chi connectivity index (χ3v) is 4.97. The molecule has 2 aromatic carbocycles. The van der Waals surface area contributed by atoms with Crippen molar-refractivity contribution in [3.05, 3.63) is 59.7 Å². The maximum absolute atomic E-state index is 12.0. The van der Waals surface area contributed by atoms with Gasteiger partial charge in [0.05, 0.1) is 0 Å². The molecule has 4 heteroatoms. The Morgan fingerprint density at radius 3 is 2.18 bits per heavy atom. The predicted molar refractivity (Wildman–Crippen MR) is 94.4 cm³/mol. The van der Waals surface area contributed by atoms with Gasteiger partial charge < -0.3 is 10.6 Å². The summed E-state index contributed by atoms with van der Waals surface area (Å²) in [7, 11) is 0. The number of benzene rings is 2. The summed E-state index contributed by atoms with van der Waals surface area (Å²) in [6.45, 7) is 0.807. The zero-order chi connectivity index (χ0) is 15.5. The molecule has 1 unspecified atom stereocenters. The number of hydrogen-bond acceptors (Lipinski definition) is 2. The van der Waals surface area contributed by atoms with Crippen molar-refractivity contribution >= 4 is 33.2 Å². The Morgan fingerprint density at radius 2 is 1.64 bits per heavy atom. The monoisotopic (exact) mass is 358 g/mol. The fourth-order valence-electron chi connectivity index (χ4n) is 2.80. The molecule has 0 aromatic heterocycles. The van der Waals surface area contributed by atoms with Crippen molar-refractivity contribution in [2.24, 2.45) is 5.92 Å². The van der Waals surface area contributed by atoms with Gasteiger partial charge in [0.25, 0.3) is 0 Å². The van der Waals surface area contributed by atoms with E-state index >= 15 is 0 Å². The molecule has 1 fully saturated rings. The maximum atomic E-state index is 12.0. The van der Waals surface area contributed by atoms with Crippen molar-refractivity contribution in [3.63, 3.8) is 0 Å². The minimum Gasteiger partial charge on any atom is -0.399 e. The van der Waals surface area contributed by atoms with Gasteiger partial charge in [0.1, 0.15) is 0 Å². The molecule has 0 radical (unpaired) electrons. The molecule has 3 rings (SSSR count). The lowest BCUT2D eigenvalue weighted by Crippen LogP contribution is -2.24. The Hall–Kier alpha value is -1.81. The van der Waals surface area contributed by atoms with Gasteiger partial charge >= 0.3 is 0 Å². The Balaban J connectivity index is 1.70. The number of hydrogen-bond donors (Lipinski definition) is 1. The van der Waals surface area contributed by atoms with E-state index in [1.165, 1.54) is 11.1 Å². The van der Waals surface area contributed by atoms with E-state index in [9.17, 15) is 4.79 Å². The summed E-state index contributed by atoms with van der Waals surface area (Å²) in [6, 6.07) is 16.2. The van der Waals surface area contributed by atoms with Crippen molar-refractivity contribution < 1.29 is 4.79 Å². The highest BCUT2D eigenvalue weighted by Crippen LogP contribution is 2.26. The number of nitrogens with two attached hydrogens (primary N) is 1. The number of alkyl halides is 1. The average molecular weight is 359 g/mol. The predicted octanol–water partition coefficient (Wildman–Crippen LogP) is 3.61. The standard InChI is InChI=1S/C18H19BrN2O/c19-11-15-10-18(22)21(12-15)17-7-3-14(4-8-17)9-13-1-5-16(20)6-2-13/h1-8,15H,9-12,20H2. The van der Waals surface area contributed by atoms with Gasteiger partial charge in [0.15, 0.2) is 0 Å². The van der Waals surface area contributed by atoms with Crippen LogP contribution in [0.25, 0.3) is 0 Å². The normalized spacial score (nSPS) is 18.0. The van der Waals surface area contributed by atoms with Crippen molar-refractivity contribution in [3.8, 4) is 0 Å². The van der Waals surface area contributed by atoms with Crippen LogP contribution in [0.15, 0.2) is 48.5 Å². The second-order valence-electron chi connectivity index (χ2n) is 5.81. The summed E-state index contributed by atoms with van der Waals surface area (Å²) in [5, 5.41) is 0.879. The van der Waals surface area contributed by atoms with E-state index in [1.54, 1.807) is 0 Å². The molecular weight excluding hydrogens is 340 g/mol. The van der Waals surface area contributed by atoms with E-state index in [4.69, 9.17) is 5.73 Å². The van der Waals surface area contributed by atoms with Crippen LogP contribution in [0, 0.1) is 5.92 Å². The average Bonchev–Trinajstić information content (AvgIpc) is 2.91.